The largest absolute Gasteiger partial charge is 0.483 e. The van der Waals surface area contributed by atoms with Crippen molar-refractivity contribution in [1.29, 1.82) is 0 Å². The van der Waals surface area contributed by atoms with E-state index in [1.807, 2.05) is 6.92 Å². The number of hydrogen-bond donors (Lipinski definition) is 1. The van der Waals surface area contributed by atoms with Crippen LogP contribution in [0.3, 0.4) is 0 Å². The van der Waals surface area contributed by atoms with Crippen molar-refractivity contribution in [1.82, 2.24) is 15.1 Å². The van der Waals surface area contributed by atoms with Crippen molar-refractivity contribution in [2.75, 3.05) is 6.54 Å². The second-order valence-electron chi connectivity index (χ2n) is 6.18. The lowest BCUT2D eigenvalue weighted by molar-refractivity contribution is 0.0945. The molecule has 1 amide bonds. The molecule has 0 aliphatic carbocycles. The van der Waals surface area contributed by atoms with Gasteiger partial charge in [-0.2, -0.15) is 5.10 Å². The molecule has 2 aromatic heterocycles. The van der Waals surface area contributed by atoms with E-state index in [-0.39, 0.29) is 18.3 Å². The topological polar surface area (TPSA) is 81.7 Å². The van der Waals surface area contributed by atoms with Gasteiger partial charge >= 0.3 is 0 Å². The summed E-state index contributed by atoms with van der Waals surface area (Å²) in [6, 6.07) is 6.39. The fourth-order valence-corrected chi connectivity index (χ4v) is 2.52. The molecule has 1 aromatic carbocycles. The van der Waals surface area contributed by atoms with Crippen molar-refractivity contribution in [3.05, 3.63) is 65.4 Å². The Hall–Kier alpha value is -3.49. The predicted octanol–water partition coefficient (Wildman–Crippen LogP) is 3.76. The first kappa shape index (κ1) is 20.2. The molecule has 152 valence electrons. The number of carbonyl (C=O) groups is 1. The molecule has 9 heteroatoms. The molecule has 0 aliphatic heterocycles. The minimum atomic E-state index is -0.788. The summed E-state index contributed by atoms with van der Waals surface area (Å²) in [5.74, 6) is -0.938. The van der Waals surface area contributed by atoms with Crippen molar-refractivity contribution >= 4 is 17.8 Å². The van der Waals surface area contributed by atoms with E-state index in [9.17, 15) is 13.6 Å². The molecule has 0 aliphatic rings. The summed E-state index contributed by atoms with van der Waals surface area (Å²) in [5, 5.41) is 6.86. The van der Waals surface area contributed by atoms with Gasteiger partial charge in [0.15, 0.2) is 17.3 Å². The number of benzene rings is 1. The van der Waals surface area contributed by atoms with E-state index in [4.69, 9.17) is 9.15 Å². The Labute approximate surface area is 166 Å². The molecule has 0 fully saturated rings. The Bertz CT molecular complexity index is 1030. The lowest BCUT2D eigenvalue weighted by Crippen LogP contribution is -2.26. The van der Waals surface area contributed by atoms with Crippen LogP contribution < -0.4 is 10.1 Å². The molecule has 0 unspecified atom stereocenters. The van der Waals surface area contributed by atoms with Gasteiger partial charge in [-0.3, -0.25) is 9.48 Å². The first-order valence-electron chi connectivity index (χ1n) is 8.98. The maximum atomic E-state index is 13.6. The van der Waals surface area contributed by atoms with E-state index in [1.165, 1.54) is 23.2 Å². The highest BCUT2D eigenvalue weighted by Crippen LogP contribution is 2.20. The van der Waals surface area contributed by atoms with Crippen LogP contribution in [0.1, 0.15) is 35.4 Å². The van der Waals surface area contributed by atoms with Gasteiger partial charge < -0.3 is 14.5 Å². The monoisotopic (exact) mass is 402 g/mol. The number of nitrogens with zero attached hydrogens (tertiary/aromatic N) is 3. The number of aliphatic imine (C=N–C) groups is 1. The normalized spacial score (nSPS) is 11.2. The smallest absolute Gasteiger partial charge is 0.271 e. The van der Waals surface area contributed by atoms with Crippen molar-refractivity contribution in [2.24, 2.45) is 12.0 Å². The first-order chi connectivity index (χ1) is 14.0. The average Bonchev–Trinajstić information content (AvgIpc) is 3.30. The molecular weight excluding hydrogens is 382 g/mol. The van der Waals surface area contributed by atoms with Crippen LogP contribution in [-0.2, 0) is 13.7 Å². The minimum Gasteiger partial charge on any atom is -0.483 e. The van der Waals surface area contributed by atoms with Crippen LogP contribution >= 0.6 is 0 Å². The molecule has 0 spiro atoms. The Kier molecular flexibility index (Phi) is 6.38. The zero-order valence-corrected chi connectivity index (χ0v) is 16.0. The highest BCUT2D eigenvalue weighted by molar-refractivity contribution is 5.98. The van der Waals surface area contributed by atoms with Crippen molar-refractivity contribution in [3.63, 3.8) is 0 Å². The average molecular weight is 402 g/mol. The Morgan fingerprint density at radius 1 is 1.34 bits per heavy atom. The van der Waals surface area contributed by atoms with Gasteiger partial charge in [-0.05, 0) is 30.7 Å². The molecule has 0 saturated heterocycles. The summed E-state index contributed by atoms with van der Waals surface area (Å²) in [7, 11) is 1.66. The number of aryl methyl sites for hydroxylation is 1. The summed E-state index contributed by atoms with van der Waals surface area (Å²) in [5.41, 5.74) is 0.750. The number of aromatic nitrogens is 2. The van der Waals surface area contributed by atoms with Crippen LogP contribution in [-0.4, -0.2) is 28.4 Å². The molecule has 3 aromatic rings. The number of hydrogen-bond acceptors (Lipinski definition) is 5. The summed E-state index contributed by atoms with van der Waals surface area (Å²) in [6.45, 7) is 2.49. The number of nitrogens with one attached hydrogen (secondary N) is 1. The lowest BCUT2D eigenvalue weighted by atomic mass is 10.3. The minimum absolute atomic E-state index is 0.0338. The maximum Gasteiger partial charge on any atom is 0.271 e. The van der Waals surface area contributed by atoms with Crippen molar-refractivity contribution in [3.8, 4) is 5.75 Å². The third-order valence-electron chi connectivity index (χ3n) is 3.95. The molecule has 2 heterocycles. The van der Waals surface area contributed by atoms with E-state index >= 15 is 0 Å². The molecular formula is C20H20F2N4O3. The molecule has 0 saturated carbocycles. The molecule has 0 bridgehead atoms. The van der Waals surface area contributed by atoms with Crippen molar-refractivity contribution < 1.29 is 22.7 Å². The molecule has 0 radical (unpaired) electrons. The van der Waals surface area contributed by atoms with Gasteiger partial charge in [-0.25, -0.2) is 13.8 Å². The standard InChI is InChI=1S/C20H20F2N4O3/c1-3-8-23-20(27)19-17(11-25-26(19)2)24-10-14-5-6-15(29-14)12-28-18-7-4-13(21)9-16(18)22/h4-7,9-11H,3,8,12H2,1-2H3,(H,23,27). The van der Waals surface area contributed by atoms with E-state index < -0.39 is 11.6 Å². The summed E-state index contributed by atoms with van der Waals surface area (Å²) in [6.07, 6.45) is 3.76. The maximum absolute atomic E-state index is 13.6. The van der Waals surface area contributed by atoms with E-state index in [2.05, 4.69) is 15.4 Å². The highest BCUT2D eigenvalue weighted by atomic mass is 19.1. The van der Waals surface area contributed by atoms with Crippen LogP contribution in [0.25, 0.3) is 0 Å². The fraction of sp³-hybridized carbons (Fsp3) is 0.250. The lowest BCUT2D eigenvalue weighted by Gasteiger charge is -2.05. The van der Waals surface area contributed by atoms with Gasteiger partial charge in [0.2, 0.25) is 0 Å². The zero-order chi connectivity index (χ0) is 20.8. The summed E-state index contributed by atoms with van der Waals surface area (Å²) < 4.78 is 38.8. The SMILES string of the molecule is CCCNC(=O)c1c(N=Cc2ccc(COc3ccc(F)cc3F)o2)cnn1C. The second kappa shape index (κ2) is 9.13. The van der Waals surface area contributed by atoms with Gasteiger partial charge in [0.05, 0.1) is 12.4 Å². The number of furan rings is 1. The summed E-state index contributed by atoms with van der Waals surface area (Å²) >= 11 is 0. The molecule has 7 nitrogen and oxygen atoms in total. The van der Waals surface area contributed by atoms with Crippen LogP contribution in [0, 0.1) is 11.6 Å². The summed E-state index contributed by atoms with van der Waals surface area (Å²) in [4.78, 5) is 16.5. The predicted molar refractivity (Wildman–Crippen MR) is 102 cm³/mol. The van der Waals surface area contributed by atoms with E-state index in [1.54, 1.807) is 19.2 Å². The molecule has 29 heavy (non-hydrogen) atoms. The Balaban J connectivity index is 1.66. The van der Waals surface area contributed by atoms with Gasteiger partial charge in [-0.1, -0.05) is 6.92 Å². The van der Waals surface area contributed by atoms with E-state index in [0.717, 1.165) is 18.6 Å². The Morgan fingerprint density at radius 3 is 2.93 bits per heavy atom. The van der Waals surface area contributed by atoms with Crippen molar-refractivity contribution in [2.45, 2.75) is 20.0 Å². The molecule has 1 N–H and O–H groups in total. The van der Waals surface area contributed by atoms with Crippen LogP contribution in [0.2, 0.25) is 0 Å². The van der Waals surface area contributed by atoms with Gasteiger partial charge in [0.25, 0.3) is 5.91 Å². The number of halogens is 2. The van der Waals surface area contributed by atoms with Crippen LogP contribution in [0.15, 0.2) is 45.9 Å². The highest BCUT2D eigenvalue weighted by Gasteiger charge is 2.16. The fourth-order valence-electron chi connectivity index (χ4n) is 2.52. The van der Waals surface area contributed by atoms with Crippen LogP contribution in [0.5, 0.6) is 5.75 Å². The van der Waals surface area contributed by atoms with E-state index in [0.29, 0.717) is 29.4 Å². The second-order valence-corrected chi connectivity index (χ2v) is 6.18. The number of ether oxygens (including phenoxy) is 1. The molecule has 3 rings (SSSR count). The third-order valence-corrected chi connectivity index (χ3v) is 3.95. The third kappa shape index (κ3) is 5.07. The Morgan fingerprint density at radius 2 is 2.17 bits per heavy atom. The van der Waals surface area contributed by atoms with Gasteiger partial charge in [0.1, 0.15) is 29.6 Å². The quantitative estimate of drug-likeness (QED) is 0.582. The first-order valence-corrected chi connectivity index (χ1v) is 8.98. The number of amides is 1. The number of carbonyl (C=O) groups excluding carboxylic acids is 1. The zero-order valence-electron chi connectivity index (χ0n) is 16.0. The molecule has 0 atom stereocenters. The van der Waals surface area contributed by atoms with Crippen LogP contribution in [0.4, 0.5) is 14.5 Å². The number of rotatable bonds is 8. The van der Waals surface area contributed by atoms with Gasteiger partial charge in [-0.15, -0.1) is 0 Å². The van der Waals surface area contributed by atoms with Gasteiger partial charge in [0, 0.05) is 19.7 Å².